The van der Waals surface area contributed by atoms with E-state index in [4.69, 9.17) is 5.73 Å². The fraction of sp³-hybridized carbons (Fsp3) is 0.308. The molecule has 0 saturated heterocycles. The predicted molar refractivity (Wildman–Crippen MR) is 74.7 cm³/mol. The molecule has 0 unspecified atom stereocenters. The molecule has 0 amide bonds. The topological polar surface area (TPSA) is 54.7 Å². The first kappa shape index (κ1) is 12.2. The number of aromatic nitrogens is 2. The van der Waals surface area contributed by atoms with Crippen LogP contribution in [-0.4, -0.2) is 10.2 Å². The summed E-state index contributed by atoms with van der Waals surface area (Å²) in [6.45, 7) is 2.18. The van der Waals surface area contributed by atoms with Gasteiger partial charge in [-0.2, -0.15) is 5.10 Å². The first-order valence-electron chi connectivity index (χ1n) is 5.81. The Morgan fingerprint density at radius 1 is 1.29 bits per heavy atom. The number of hydrogen-bond donors (Lipinski definition) is 2. The second kappa shape index (κ2) is 5.36. The highest BCUT2D eigenvalue weighted by molar-refractivity contribution is 9.10. The maximum atomic E-state index is 5.93. The van der Waals surface area contributed by atoms with E-state index in [1.54, 1.807) is 0 Å². The van der Waals surface area contributed by atoms with E-state index in [9.17, 15) is 0 Å². The zero-order chi connectivity index (χ0) is 12.3. The normalized spacial score (nSPS) is 10.7. The minimum absolute atomic E-state index is 0.582. The van der Waals surface area contributed by atoms with E-state index in [-0.39, 0.29) is 0 Å². The van der Waals surface area contributed by atoms with Gasteiger partial charge in [0.1, 0.15) is 0 Å². The number of aryl methyl sites for hydroxylation is 1. The van der Waals surface area contributed by atoms with E-state index in [0.717, 1.165) is 34.1 Å². The lowest BCUT2D eigenvalue weighted by atomic mass is 10.0. The van der Waals surface area contributed by atoms with Crippen LogP contribution >= 0.6 is 15.9 Å². The van der Waals surface area contributed by atoms with Crippen LogP contribution in [0.3, 0.4) is 0 Å². The third kappa shape index (κ3) is 2.69. The molecule has 0 aliphatic carbocycles. The molecule has 0 saturated carbocycles. The Morgan fingerprint density at radius 3 is 2.65 bits per heavy atom. The van der Waals surface area contributed by atoms with Crippen LogP contribution in [0.4, 0.5) is 5.82 Å². The number of unbranched alkanes of at least 4 members (excludes halogenated alkanes) is 1. The van der Waals surface area contributed by atoms with Gasteiger partial charge in [0.25, 0.3) is 0 Å². The molecule has 4 heteroatoms. The zero-order valence-electron chi connectivity index (χ0n) is 9.83. The van der Waals surface area contributed by atoms with Crippen molar-refractivity contribution in [2.45, 2.75) is 26.2 Å². The number of halogens is 1. The van der Waals surface area contributed by atoms with Gasteiger partial charge in [0.05, 0.1) is 0 Å². The number of nitrogens with one attached hydrogen (secondary N) is 1. The van der Waals surface area contributed by atoms with Gasteiger partial charge in [-0.1, -0.05) is 41.4 Å². The zero-order valence-corrected chi connectivity index (χ0v) is 11.4. The van der Waals surface area contributed by atoms with Gasteiger partial charge in [-0.3, -0.25) is 5.10 Å². The van der Waals surface area contributed by atoms with Crippen molar-refractivity contribution in [2.24, 2.45) is 0 Å². The molecule has 1 heterocycles. The third-order valence-electron chi connectivity index (χ3n) is 2.78. The van der Waals surface area contributed by atoms with E-state index in [1.807, 2.05) is 12.1 Å². The summed E-state index contributed by atoms with van der Waals surface area (Å²) in [5.74, 6) is 0.582. The molecule has 3 N–H and O–H groups in total. The molecule has 17 heavy (non-hydrogen) atoms. The van der Waals surface area contributed by atoms with Crippen molar-refractivity contribution in [1.29, 1.82) is 0 Å². The van der Waals surface area contributed by atoms with Crippen molar-refractivity contribution in [3.05, 3.63) is 34.4 Å². The molecule has 0 spiro atoms. The number of hydrogen-bond acceptors (Lipinski definition) is 2. The first-order chi connectivity index (χ1) is 8.22. The Bertz CT molecular complexity index is 488. The number of nitrogens with zero attached hydrogens (tertiary/aromatic N) is 1. The number of rotatable bonds is 4. The van der Waals surface area contributed by atoms with Gasteiger partial charge < -0.3 is 5.73 Å². The van der Waals surface area contributed by atoms with Gasteiger partial charge in [0.15, 0.2) is 5.82 Å². The molecule has 2 rings (SSSR count). The SMILES string of the molecule is CCCCc1[nH]nc(N)c1-c1ccc(Br)cc1. The van der Waals surface area contributed by atoms with Crippen LogP contribution in [0.25, 0.3) is 11.1 Å². The molecule has 3 nitrogen and oxygen atoms in total. The lowest BCUT2D eigenvalue weighted by molar-refractivity contribution is 0.773. The Kier molecular flexibility index (Phi) is 3.84. The van der Waals surface area contributed by atoms with Crippen LogP contribution in [0.5, 0.6) is 0 Å². The molecule has 0 bridgehead atoms. The van der Waals surface area contributed by atoms with Crippen molar-refractivity contribution in [1.82, 2.24) is 10.2 Å². The smallest absolute Gasteiger partial charge is 0.153 e. The van der Waals surface area contributed by atoms with Gasteiger partial charge in [-0.25, -0.2) is 0 Å². The quantitative estimate of drug-likeness (QED) is 0.902. The molecular weight excluding hydrogens is 278 g/mol. The number of anilines is 1. The molecule has 0 aliphatic heterocycles. The van der Waals surface area contributed by atoms with Gasteiger partial charge >= 0.3 is 0 Å². The van der Waals surface area contributed by atoms with Gasteiger partial charge in [-0.05, 0) is 30.5 Å². The van der Waals surface area contributed by atoms with Crippen LogP contribution in [0.1, 0.15) is 25.5 Å². The number of nitrogen functional groups attached to an aromatic ring is 1. The number of benzene rings is 1. The molecular formula is C13H16BrN3. The van der Waals surface area contributed by atoms with Gasteiger partial charge in [0.2, 0.25) is 0 Å². The monoisotopic (exact) mass is 293 g/mol. The second-order valence-corrected chi connectivity index (χ2v) is 4.99. The van der Waals surface area contributed by atoms with Crippen molar-refractivity contribution < 1.29 is 0 Å². The molecule has 1 aromatic heterocycles. The van der Waals surface area contributed by atoms with Crippen LogP contribution in [-0.2, 0) is 6.42 Å². The average Bonchev–Trinajstić information content (AvgIpc) is 2.69. The fourth-order valence-electron chi connectivity index (χ4n) is 1.87. The van der Waals surface area contributed by atoms with E-state index in [0.29, 0.717) is 5.82 Å². The molecule has 0 fully saturated rings. The Balaban J connectivity index is 2.36. The minimum atomic E-state index is 0.582. The van der Waals surface area contributed by atoms with Crippen LogP contribution in [0.15, 0.2) is 28.7 Å². The summed E-state index contributed by atoms with van der Waals surface area (Å²) in [6, 6.07) is 8.15. The summed E-state index contributed by atoms with van der Waals surface area (Å²) in [4.78, 5) is 0. The molecule has 0 atom stereocenters. The summed E-state index contributed by atoms with van der Waals surface area (Å²) in [6.07, 6.45) is 3.30. The summed E-state index contributed by atoms with van der Waals surface area (Å²) in [5.41, 5.74) is 9.22. The number of H-pyrrole nitrogens is 1. The van der Waals surface area contributed by atoms with Crippen molar-refractivity contribution in [3.8, 4) is 11.1 Å². The van der Waals surface area contributed by atoms with Crippen LogP contribution < -0.4 is 5.73 Å². The Labute approximate surface area is 110 Å². The van der Waals surface area contributed by atoms with E-state index in [2.05, 4.69) is 45.2 Å². The van der Waals surface area contributed by atoms with Gasteiger partial charge in [-0.15, -0.1) is 0 Å². The van der Waals surface area contributed by atoms with Crippen molar-refractivity contribution in [2.75, 3.05) is 5.73 Å². The number of aromatic amines is 1. The lowest BCUT2D eigenvalue weighted by Crippen LogP contribution is -1.91. The average molecular weight is 294 g/mol. The van der Waals surface area contributed by atoms with E-state index < -0.39 is 0 Å². The summed E-state index contributed by atoms with van der Waals surface area (Å²) in [7, 11) is 0. The summed E-state index contributed by atoms with van der Waals surface area (Å²) >= 11 is 3.43. The highest BCUT2D eigenvalue weighted by Crippen LogP contribution is 2.29. The summed E-state index contributed by atoms with van der Waals surface area (Å²) < 4.78 is 1.07. The Hall–Kier alpha value is -1.29. The lowest BCUT2D eigenvalue weighted by Gasteiger charge is -2.04. The Morgan fingerprint density at radius 2 is 2.00 bits per heavy atom. The van der Waals surface area contributed by atoms with Crippen molar-refractivity contribution in [3.63, 3.8) is 0 Å². The van der Waals surface area contributed by atoms with Crippen molar-refractivity contribution >= 4 is 21.7 Å². The van der Waals surface area contributed by atoms with E-state index >= 15 is 0 Å². The molecule has 1 aromatic carbocycles. The highest BCUT2D eigenvalue weighted by Gasteiger charge is 2.12. The molecule has 2 aromatic rings. The minimum Gasteiger partial charge on any atom is -0.382 e. The van der Waals surface area contributed by atoms with Gasteiger partial charge in [0, 0.05) is 15.7 Å². The fourth-order valence-corrected chi connectivity index (χ4v) is 2.13. The molecule has 0 aliphatic rings. The number of nitrogens with two attached hydrogens (primary N) is 1. The van der Waals surface area contributed by atoms with E-state index in [1.165, 1.54) is 6.42 Å². The second-order valence-electron chi connectivity index (χ2n) is 4.07. The summed E-state index contributed by atoms with van der Waals surface area (Å²) in [5, 5.41) is 7.14. The van der Waals surface area contributed by atoms with Crippen LogP contribution in [0.2, 0.25) is 0 Å². The molecule has 0 radical (unpaired) electrons. The maximum absolute atomic E-state index is 5.93. The highest BCUT2D eigenvalue weighted by atomic mass is 79.9. The van der Waals surface area contributed by atoms with Crippen LogP contribution in [0, 0.1) is 0 Å². The third-order valence-corrected chi connectivity index (χ3v) is 3.31. The standard InChI is InChI=1S/C13H16BrN3/c1-2-3-4-11-12(13(15)17-16-11)9-5-7-10(14)8-6-9/h5-8H,2-4H2,1H3,(H3,15,16,17). The maximum Gasteiger partial charge on any atom is 0.153 e. The largest absolute Gasteiger partial charge is 0.382 e. The first-order valence-corrected chi connectivity index (χ1v) is 6.60. The predicted octanol–water partition coefficient (Wildman–Crippen LogP) is 3.76. The molecule has 90 valence electrons.